The Kier molecular flexibility index (Phi) is 3.00. The van der Waals surface area contributed by atoms with Gasteiger partial charge in [-0.1, -0.05) is 34.1 Å². The van der Waals surface area contributed by atoms with Crippen molar-refractivity contribution in [2.24, 2.45) is 0 Å². The molecule has 3 rings (SSSR count). The zero-order valence-electron chi connectivity index (χ0n) is 9.86. The molecule has 0 aromatic heterocycles. The Morgan fingerprint density at radius 3 is 2.83 bits per heavy atom. The molecule has 2 N–H and O–H groups in total. The third-order valence-corrected chi connectivity index (χ3v) is 3.90. The molecule has 18 heavy (non-hydrogen) atoms. The predicted octanol–water partition coefficient (Wildman–Crippen LogP) is 4.25. The quantitative estimate of drug-likeness (QED) is 0.869. The van der Waals surface area contributed by atoms with Gasteiger partial charge in [0.15, 0.2) is 0 Å². The van der Waals surface area contributed by atoms with Crippen molar-refractivity contribution >= 4 is 21.6 Å². The van der Waals surface area contributed by atoms with Crippen molar-refractivity contribution in [3.8, 4) is 5.75 Å². The Balaban J connectivity index is 1.87. The van der Waals surface area contributed by atoms with Gasteiger partial charge in [-0.15, -0.1) is 0 Å². The van der Waals surface area contributed by atoms with E-state index < -0.39 is 0 Å². The first-order chi connectivity index (χ1) is 8.74. The van der Waals surface area contributed by atoms with E-state index in [-0.39, 0.29) is 0 Å². The maximum absolute atomic E-state index is 9.82. The van der Waals surface area contributed by atoms with Gasteiger partial charge in [0.2, 0.25) is 0 Å². The van der Waals surface area contributed by atoms with E-state index in [2.05, 4.69) is 39.4 Å². The molecular weight excluding hydrogens is 290 g/mol. The van der Waals surface area contributed by atoms with Crippen molar-refractivity contribution < 1.29 is 5.11 Å². The molecule has 0 saturated heterocycles. The number of hydrogen-bond donors (Lipinski definition) is 2. The van der Waals surface area contributed by atoms with Gasteiger partial charge in [0, 0.05) is 10.2 Å². The lowest BCUT2D eigenvalue weighted by Crippen LogP contribution is -2.06. The van der Waals surface area contributed by atoms with Gasteiger partial charge in [0.1, 0.15) is 5.75 Å². The fourth-order valence-electron chi connectivity index (χ4n) is 2.56. The van der Waals surface area contributed by atoms with Crippen molar-refractivity contribution in [3.63, 3.8) is 0 Å². The lowest BCUT2D eigenvalue weighted by molar-refractivity contribution is 0.469. The van der Waals surface area contributed by atoms with E-state index >= 15 is 0 Å². The first-order valence-corrected chi connectivity index (χ1v) is 6.86. The number of halogens is 1. The second kappa shape index (κ2) is 4.65. The number of fused-ring (bicyclic) bond motifs is 1. The van der Waals surface area contributed by atoms with Crippen LogP contribution in [0.15, 0.2) is 46.9 Å². The van der Waals surface area contributed by atoms with E-state index in [1.807, 2.05) is 18.2 Å². The van der Waals surface area contributed by atoms with E-state index in [0.717, 1.165) is 28.6 Å². The summed E-state index contributed by atoms with van der Waals surface area (Å²) in [6.45, 7) is 0. The number of aromatic hydroxyl groups is 1. The van der Waals surface area contributed by atoms with Crippen LogP contribution in [0.3, 0.4) is 0 Å². The standard InChI is InChI=1S/C15H14BrNO/c16-10-3-1-4-11(9-10)17-14-8-7-13-12(14)5-2-6-15(13)18/h1-6,9,14,17-18H,7-8H2. The van der Waals surface area contributed by atoms with Crippen LogP contribution < -0.4 is 5.32 Å². The van der Waals surface area contributed by atoms with Crippen LogP contribution in [0.1, 0.15) is 23.6 Å². The summed E-state index contributed by atoms with van der Waals surface area (Å²) in [6.07, 6.45) is 1.97. The summed E-state index contributed by atoms with van der Waals surface area (Å²) in [7, 11) is 0. The van der Waals surface area contributed by atoms with Gasteiger partial charge in [-0.3, -0.25) is 0 Å². The molecule has 0 bridgehead atoms. The topological polar surface area (TPSA) is 32.3 Å². The minimum absolute atomic E-state index is 0.293. The predicted molar refractivity (Wildman–Crippen MR) is 76.9 cm³/mol. The first kappa shape index (κ1) is 11.6. The van der Waals surface area contributed by atoms with Gasteiger partial charge in [0.05, 0.1) is 6.04 Å². The molecule has 2 aromatic carbocycles. The van der Waals surface area contributed by atoms with E-state index in [1.54, 1.807) is 6.07 Å². The summed E-state index contributed by atoms with van der Waals surface area (Å²) >= 11 is 3.47. The van der Waals surface area contributed by atoms with Crippen molar-refractivity contribution in [2.45, 2.75) is 18.9 Å². The number of phenolic OH excluding ortho intramolecular Hbond substituents is 1. The molecular formula is C15H14BrNO. The third-order valence-electron chi connectivity index (χ3n) is 3.41. The van der Waals surface area contributed by atoms with Crippen molar-refractivity contribution in [2.75, 3.05) is 5.32 Å². The first-order valence-electron chi connectivity index (χ1n) is 6.07. The Labute approximate surface area is 115 Å². The van der Waals surface area contributed by atoms with Gasteiger partial charge in [0.25, 0.3) is 0 Å². The molecule has 0 aliphatic heterocycles. The van der Waals surface area contributed by atoms with Gasteiger partial charge in [-0.05, 0) is 48.2 Å². The highest BCUT2D eigenvalue weighted by Crippen LogP contribution is 2.38. The smallest absolute Gasteiger partial charge is 0.119 e. The maximum atomic E-state index is 9.82. The van der Waals surface area contributed by atoms with Crippen LogP contribution in [0.25, 0.3) is 0 Å². The molecule has 1 aliphatic carbocycles. The number of hydrogen-bond acceptors (Lipinski definition) is 2. The molecule has 1 aliphatic rings. The highest BCUT2D eigenvalue weighted by Gasteiger charge is 2.24. The average Bonchev–Trinajstić information content (AvgIpc) is 2.74. The zero-order chi connectivity index (χ0) is 12.5. The molecule has 0 amide bonds. The molecule has 0 radical (unpaired) electrons. The largest absolute Gasteiger partial charge is 0.508 e. The van der Waals surface area contributed by atoms with Crippen LogP contribution in [-0.2, 0) is 6.42 Å². The number of benzene rings is 2. The molecule has 0 fully saturated rings. The van der Waals surface area contributed by atoms with Gasteiger partial charge in [-0.25, -0.2) is 0 Å². The number of anilines is 1. The molecule has 3 heteroatoms. The van der Waals surface area contributed by atoms with Gasteiger partial charge >= 0.3 is 0 Å². The summed E-state index contributed by atoms with van der Waals surface area (Å²) in [5, 5.41) is 13.3. The molecule has 0 spiro atoms. The summed E-state index contributed by atoms with van der Waals surface area (Å²) < 4.78 is 1.07. The minimum Gasteiger partial charge on any atom is -0.508 e. The number of phenols is 1. The summed E-state index contributed by atoms with van der Waals surface area (Å²) in [4.78, 5) is 0. The van der Waals surface area contributed by atoms with E-state index in [4.69, 9.17) is 0 Å². The lowest BCUT2D eigenvalue weighted by atomic mass is 10.1. The highest BCUT2D eigenvalue weighted by atomic mass is 79.9. The molecule has 2 aromatic rings. The second-order valence-electron chi connectivity index (χ2n) is 4.59. The normalized spacial score (nSPS) is 17.5. The SMILES string of the molecule is Oc1cccc2c1CCC2Nc1cccc(Br)c1. The maximum Gasteiger partial charge on any atom is 0.119 e. The summed E-state index contributed by atoms with van der Waals surface area (Å²) in [5.74, 6) is 0.422. The van der Waals surface area contributed by atoms with Crippen molar-refractivity contribution in [1.82, 2.24) is 0 Å². The Hall–Kier alpha value is -1.48. The van der Waals surface area contributed by atoms with E-state index in [9.17, 15) is 5.11 Å². The molecule has 1 atom stereocenters. The number of nitrogens with one attached hydrogen (secondary N) is 1. The molecule has 2 nitrogen and oxygen atoms in total. The fraction of sp³-hybridized carbons (Fsp3) is 0.200. The van der Waals surface area contributed by atoms with Crippen molar-refractivity contribution in [3.05, 3.63) is 58.1 Å². The van der Waals surface area contributed by atoms with Crippen LogP contribution in [0.2, 0.25) is 0 Å². The van der Waals surface area contributed by atoms with Gasteiger partial charge < -0.3 is 10.4 Å². The van der Waals surface area contributed by atoms with Crippen LogP contribution in [0.4, 0.5) is 5.69 Å². The Morgan fingerprint density at radius 2 is 2.00 bits per heavy atom. The van der Waals surface area contributed by atoms with E-state index in [1.165, 1.54) is 5.56 Å². The van der Waals surface area contributed by atoms with Crippen LogP contribution >= 0.6 is 15.9 Å². The molecule has 0 heterocycles. The Bertz CT molecular complexity index is 582. The average molecular weight is 304 g/mol. The zero-order valence-corrected chi connectivity index (χ0v) is 11.4. The van der Waals surface area contributed by atoms with Crippen LogP contribution in [0, 0.1) is 0 Å². The Morgan fingerprint density at radius 1 is 1.17 bits per heavy atom. The summed E-state index contributed by atoms with van der Waals surface area (Å²) in [5.41, 5.74) is 3.41. The monoisotopic (exact) mass is 303 g/mol. The highest BCUT2D eigenvalue weighted by molar-refractivity contribution is 9.10. The number of rotatable bonds is 2. The van der Waals surface area contributed by atoms with Crippen LogP contribution in [0.5, 0.6) is 5.75 Å². The molecule has 0 saturated carbocycles. The lowest BCUT2D eigenvalue weighted by Gasteiger charge is -2.15. The molecule has 1 unspecified atom stereocenters. The minimum atomic E-state index is 0.293. The van der Waals surface area contributed by atoms with Crippen LogP contribution in [-0.4, -0.2) is 5.11 Å². The fourth-order valence-corrected chi connectivity index (χ4v) is 2.96. The molecule has 92 valence electrons. The van der Waals surface area contributed by atoms with Crippen molar-refractivity contribution in [1.29, 1.82) is 0 Å². The third kappa shape index (κ3) is 2.10. The summed E-state index contributed by atoms with van der Waals surface area (Å²) in [6, 6.07) is 14.2. The van der Waals surface area contributed by atoms with E-state index in [0.29, 0.717) is 11.8 Å². The van der Waals surface area contributed by atoms with Gasteiger partial charge in [-0.2, -0.15) is 0 Å². The second-order valence-corrected chi connectivity index (χ2v) is 5.51.